The van der Waals surface area contributed by atoms with Gasteiger partial charge < -0.3 is 9.30 Å². The topological polar surface area (TPSA) is 57.2 Å². The summed E-state index contributed by atoms with van der Waals surface area (Å²) in [4.78, 5) is 0. The molecule has 0 amide bonds. The van der Waals surface area contributed by atoms with Gasteiger partial charge in [0.15, 0.2) is 0 Å². The normalized spacial score (nSPS) is 11.5. The first-order chi connectivity index (χ1) is 13.2. The predicted octanol–water partition coefficient (Wildman–Crippen LogP) is 4.16. The molecule has 0 radical (unpaired) electrons. The maximum absolute atomic E-state index is 6.00. The van der Waals surface area contributed by atoms with Gasteiger partial charge in [0.1, 0.15) is 25.0 Å². The van der Waals surface area contributed by atoms with Crippen LogP contribution in [0.15, 0.2) is 66.4 Å². The van der Waals surface area contributed by atoms with E-state index in [-0.39, 0.29) is 0 Å². The number of para-hydroxylation sites is 1. The van der Waals surface area contributed by atoms with Crippen LogP contribution in [0.25, 0.3) is 10.9 Å². The van der Waals surface area contributed by atoms with E-state index in [2.05, 4.69) is 38.2 Å². The van der Waals surface area contributed by atoms with E-state index >= 15 is 0 Å². The Morgan fingerprint density at radius 2 is 1.96 bits per heavy atom. The smallest absolute Gasteiger partial charge is 0.141 e. The van der Waals surface area contributed by atoms with Crippen LogP contribution in [0, 0.1) is 6.92 Å². The van der Waals surface area contributed by atoms with E-state index in [9.17, 15) is 0 Å². The molecule has 2 heterocycles. The van der Waals surface area contributed by atoms with Crippen LogP contribution in [0.3, 0.4) is 0 Å². The molecule has 0 aliphatic carbocycles. The number of halogens is 1. The lowest BCUT2D eigenvalue weighted by atomic mass is 10.2. The first-order valence-electron chi connectivity index (χ1n) is 8.56. The Bertz CT molecular complexity index is 1090. The molecule has 0 spiro atoms. The number of hydrogen-bond acceptors (Lipinski definition) is 4. The number of nitrogens with zero attached hydrogens (tertiary/aromatic N) is 5. The number of benzene rings is 2. The fourth-order valence-electron chi connectivity index (χ4n) is 2.98. The SMILES string of the molecule is Cc1cc(Cl)ccc1OCCn1cc(/C=N\n2cnnc2)c2ccccc21. The van der Waals surface area contributed by atoms with Crippen LogP contribution in [0.2, 0.25) is 5.02 Å². The zero-order valence-corrected chi connectivity index (χ0v) is 15.5. The predicted molar refractivity (Wildman–Crippen MR) is 107 cm³/mol. The van der Waals surface area contributed by atoms with Crippen molar-refractivity contribution < 1.29 is 4.74 Å². The second-order valence-corrected chi connectivity index (χ2v) is 6.58. The zero-order valence-electron chi connectivity index (χ0n) is 14.8. The Morgan fingerprint density at radius 1 is 1.15 bits per heavy atom. The van der Waals surface area contributed by atoms with Gasteiger partial charge in [-0.15, -0.1) is 10.2 Å². The molecule has 0 atom stereocenters. The van der Waals surface area contributed by atoms with Crippen LogP contribution in [0.5, 0.6) is 5.75 Å². The molecule has 0 unspecified atom stereocenters. The minimum absolute atomic E-state index is 0.559. The summed E-state index contributed by atoms with van der Waals surface area (Å²) in [5.74, 6) is 0.852. The van der Waals surface area contributed by atoms with Crippen LogP contribution < -0.4 is 4.74 Å². The average Bonchev–Trinajstić information content (AvgIpc) is 3.30. The molecule has 0 fully saturated rings. The van der Waals surface area contributed by atoms with Crippen molar-refractivity contribution in [3.63, 3.8) is 0 Å². The largest absolute Gasteiger partial charge is 0.491 e. The fourth-order valence-corrected chi connectivity index (χ4v) is 3.20. The molecule has 0 N–H and O–H groups in total. The van der Waals surface area contributed by atoms with Gasteiger partial charge in [-0.25, -0.2) is 4.68 Å². The summed E-state index contributed by atoms with van der Waals surface area (Å²) in [6, 6.07) is 13.9. The van der Waals surface area contributed by atoms with Crippen LogP contribution >= 0.6 is 11.6 Å². The molecule has 4 rings (SSSR count). The highest BCUT2D eigenvalue weighted by atomic mass is 35.5. The minimum Gasteiger partial charge on any atom is -0.491 e. The summed E-state index contributed by atoms with van der Waals surface area (Å²) < 4.78 is 9.68. The maximum atomic E-state index is 6.00. The molecule has 136 valence electrons. The molecule has 2 aromatic carbocycles. The van der Waals surface area contributed by atoms with Crippen LogP contribution in [-0.4, -0.2) is 32.3 Å². The van der Waals surface area contributed by atoms with Gasteiger partial charge in [-0.3, -0.25) is 0 Å². The van der Waals surface area contributed by atoms with E-state index in [0.717, 1.165) is 34.3 Å². The van der Waals surface area contributed by atoms with Crippen molar-refractivity contribution in [2.75, 3.05) is 6.61 Å². The summed E-state index contributed by atoms with van der Waals surface area (Å²) in [5, 5.41) is 13.7. The zero-order chi connectivity index (χ0) is 18.6. The molecule has 0 bridgehead atoms. The number of rotatable bonds is 6. The fraction of sp³-hybridized carbons (Fsp3) is 0.150. The van der Waals surface area contributed by atoms with Gasteiger partial charge in [-0.1, -0.05) is 29.8 Å². The highest BCUT2D eigenvalue weighted by Crippen LogP contribution is 2.23. The Labute approximate surface area is 161 Å². The summed E-state index contributed by atoms with van der Waals surface area (Å²) in [7, 11) is 0. The van der Waals surface area contributed by atoms with Crippen molar-refractivity contribution >= 4 is 28.7 Å². The van der Waals surface area contributed by atoms with Gasteiger partial charge in [-0.2, -0.15) is 5.10 Å². The number of aryl methyl sites for hydroxylation is 1. The van der Waals surface area contributed by atoms with Crippen LogP contribution in [-0.2, 0) is 6.54 Å². The van der Waals surface area contributed by atoms with Crippen molar-refractivity contribution in [2.45, 2.75) is 13.5 Å². The highest BCUT2D eigenvalue weighted by Gasteiger charge is 2.07. The van der Waals surface area contributed by atoms with Crippen LogP contribution in [0.1, 0.15) is 11.1 Å². The van der Waals surface area contributed by atoms with E-state index < -0.39 is 0 Å². The van der Waals surface area contributed by atoms with Gasteiger partial charge in [0.2, 0.25) is 0 Å². The Kier molecular flexibility index (Phi) is 4.89. The molecule has 0 saturated heterocycles. The number of aromatic nitrogens is 4. The lowest BCUT2D eigenvalue weighted by Crippen LogP contribution is -2.07. The third-order valence-corrected chi connectivity index (χ3v) is 4.52. The highest BCUT2D eigenvalue weighted by molar-refractivity contribution is 6.30. The standard InChI is InChI=1S/C20H18ClN5O/c1-15-10-17(21)6-7-20(15)27-9-8-25-12-16(11-24-26-13-22-23-14-26)18-4-2-3-5-19(18)25/h2-7,10-14H,8-9H2,1H3/b24-11-. The van der Waals surface area contributed by atoms with Gasteiger partial charge in [-0.05, 0) is 36.8 Å². The van der Waals surface area contributed by atoms with E-state index in [0.29, 0.717) is 11.6 Å². The van der Waals surface area contributed by atoms with E-state index in [1.807, 2.05) is 43.5 Å². The van der Waals surface area contributed by atoms with Gasteiger partial charge in [0.05, 0.1) is 12.8 Å². The summed E-state index contributed by atoms with van der Waals surface area (Å²) >= 11 is 6.00. The average molecular weight is 380 g/mol. The lowest BCUT2D eigenvalue weighted by molar-refractivity contribution is 0.298. The maximum Gasteiger partial charge on any atom is 0.141 e. The third-order valence-electron chi connectivity index (χ3n) is 4.28. The van der Waals surface area contributed by atoms with E-state index in [4.69, 9.17) is 16.3 Å². The van der Waals surface area contributed by atoms with Crippen molar-refractivity contribution in [3.8, 4) is 5.75 Å². The summed E-state index contributed by atoms with van der Waals surface area (Å²) in [6.07, 6.45) is 7.00. The van der Waals surface area contributed by atoms with Crippen LogP contribution in [0.4, 0.5) is 0 Å². The Hall–Kier alpha value is -3.12. The van der Waals surface area contributed by atoms with Crippen molar-refractivity contribution in [3.05, 3.63) is 77.5 Å². The lowest BCUT2D eigenvalue weighted by Gasteiger charge is -2.10. The summed E-state index contributed by atoms with van der Waals surface area (Å²) in [6.45, 7) is 3.28. The molecular weight excluding hydrogens is 362 g/mol. The monoisotopic (exact) mass is 379 g/mol. The number of hydrogen-bond donors (Lipinski definition) is 0. The second-order valence-electron chi connectivity index (χ2n) is 6.14. The number of ether oxygens (including phenoxy) is 1. The Balaban J connectivity index is 1.53. The minimum atomic E-state index is 0.559. The molecule has 7 heteroatoms. The molecule has 0 saturated carbocycles. The third kappa shape index (κ3) is 3.85. The second kappa shape index (κ2) is 7.63. The molecule has 2 aromatic heterocycles. The molecule has 0 aliphatic heterocycles. The van der Waals surface area contributed by atoms with E-state index in [1.165, 1.54) is 0 Å². The molecule has 0 aliphatic rings. The quantitative estimate of drug-likeness (QED) is 0.473. The Morgan fingerprint density at radius 3 is 2.78 bits per heavy atom. The van der Waals surface area contributed by atoms with Crippen molar-refractivity contribution in [1.29, 1.82) is 0 Å². The van der Waals surface area contributed by atoms with Crippen molar-refractivity contribution in [1.82, 2.24) is 19.4 Å². The first-order valence-corrected chi connectivity index (χ1v) is 8.94. The molecule has 4 aromatic rings. The van der Waals surface area contributed by atoms with Crippen molar-refractivity contribution in [2.24, 2.45) is 5.10 Å². The number of fused-ring (bicyclic) bond motifs is 1. The van der Waals surface area contributed by atoms with Gasteiger partial charge in [0, 0.05) is 27.7 Å². The molecule has 27 heavy (non-hydrogen) atoms. The molecular formula is C20H18ClN5O. The van der Waals surface area contributed by atoms with E-state index in [1.54, 1.807) is 17.3 Å². The van der Waals surface area contributed by atoms with Gasteiger partial charge >= 0.3 is 0 Å². The summed E-state index contributed by atoms with van der Waals surface area (Å²) in [5.41, 5.74) is 3.20. The van der Waals surface area contributed by atoms with Gasteiger partial charge in [0.25, 0.3) is 0 Å². The first kappa shape index (κ1) is 17.3. The molecule has 6 nitrogen and oxygen atoms in total.